The first-order valence-electron chi connectivity index (χ1n) is 30.5. The van der Waals surface area contributed by atoms with Gasteiger partial charge in [0.05, 0.1) is 0 Å². The molecule has 0 bridgehead atoms. The van der Waals surface area contributed by atoms with Crippen molar-refractivity contribution in [3.8, 4) is 0 Å². The molecule has 0 aliphatic rings. The Morgan fingerprint density at radius 3 is 0.855 bits per heavy atom. The molecule has 0 saturated carbocycles. The molecule has 0 spiro atoms. The maximum atomic E-state index is 12.9. The van der Waals surface area contributed by atoms with Crippen LogP contribution in [0.3, 0.4) is 0 Å². The monoisotopic (exact) mass is 969 g/mol. The minimum atomic E-state index is -0.773. The van der Waals surface area contributed by atoms with Gasteiger partial charge in [0.2, 0.25) is 0 Å². The first-order chi connectivity index (χ1) is 34.0. The fourth-order valence-electron chi connectivity index (χ4n) is 9.00. The molecule has 0 unspecified atom stereocenters. The molecule has 0 fully saturated rings. The molecular weight excluding hydrogens is 853 g/mol. The highest BCUT2D eigenvalue weighted by Crippen LogP contribution is 2.17. The van der Waals surface area contributed by atoms with Crippen molar-refractivity contribution in [2.45, 2.75) is 335 Å². The van der Waals surface area contributed by atoms with Crippen molar-refractivity contribution in [2.75, 3.05) is 13.2 Å². The van der Waals surface area contributed by atoms with Gasteiger partial charge >= 0.3 is 17.9 Å². The highest BCUT2D eigenvalue weighted by atomic mass is 16.6. The number of carbonyl (C=O) groups is 3. The smallest absolute Gasteiger partial charge is 0.306 e. The predicted octanol–water partition coefficient (Wildman–Crippen LogP) is 20.4. The number of carbonyl (C=O) groups excluding carboxylic acids is 3. The second-order valence-corrected chi connectivity index (χ2v) is 20.6. The summed E-state index contributed by atoms with van der Waals surface area (Å²) in [4.78, 5) is 38.2. The molecule has 404 valence electrons. The van der Waals surface area contributed by atoms with Gasteiger partial charge in [-0.1, -0.05) is 269 Å². The van der Waals surface area contributed by atoms with E-state index in [1.54, 1.807) is 0 Å². The lowest BCUT2D eigenvalue weighted by molar-refractivity contribution is -0.167. The van der Waals surface area contributed by atoms with Crippen molar-refractivity contribution in [1.29, 1.82) is 0 Å². The van der Waals surface area contributed by atoms with Crippen LogP contribution < -0.4 is 0 Å². The van der Waals surface area contributed by atoms with Crippen LogP contribution in [0.4, 0.5) is 0 Å². The Balaban J connectivity index is 4.34. The highest BCUT2D eigenvalue weighted by Gasteiger charge is 2.19. The molecule has 0 aromatic heterocycles. The molecule has 1 atom stereocenters. The third-order valence-corrected chi connectivity index (χ3v) is 13.6. The van der Waals surface area contributed by atoms with E-state index in [4.69, 9.17) is 14.2 Å². The van der Waals surface area contributed by atoms with Crippen LogP contribution in [0.1, 0.15) is 329 Å². The molecule has 0 aliphatic heterocycles. The molecule has 0 N–H and O–H groups in total. The van der Waals surface area contributed by atoms with E-state index in [0.717, 1.165) is 64.2 Å². The molecule has 0 saturated heterocycles. The fraction of sp³-hybridized carbons (Fsp3) is 0.857. The maximum Gasteiger partial charge on any atom is 0.306 e. The zero-order valence-electron chi connectivity index (χ0n) is 46.3. The van der Waals surface area contributed by atoms with E-state index in [2.05, 4.69) is 57.2 Å². The summed E-state index contributed by atoms with van der Waals surface area (Å²) in [6.07, 6.45) is 69.9. The van der Waals surface area contributed by atoms with Gasteiger partial charge in [0.1, 0.15) is 13.2 Å². The van der Waals surface area contributed by atoms with Crippen LogP contribution >= 0.6 is 0 Å². The first kappa shape index (κ1) is 66.6. The van der Waals surface area contributed by atoms with Crippen molar-refractivity contribution >= 4 is 17.9 Å². The zero-order valence-corrected chi connectivity index (χ0v) is 46.3. The lowest BCUT2D eigenvalue weighted by atomic mass is 10.0. The van der Waals surface area contributed by atoms with E-state index in [1.165, 1.54) is 225 Å². The molecule has 0 rings (SSSR count). The van der Waals surface area contributed by atoms with Crippen molar-refractivity contribution in [1.82, 2.24) is 0 Å². The van der Waals surface area contributed by atoms with Gasteiger partial charge in [-0.05, 0) is 77.0 Å². The van der Waals surface area contributed by atoms with Gasteiger partial charge in [0.15, 0.2) is 6.10 Å². The van der Waals surface area contributed by atoms with Gasteiger partial charge in [-0.3, -0.25) is 14.4 Å². The van der Waals surface area contributed by atoms with Gasteiger partial charge in [-0.15, -0.1) is 0 Å². The maximum absolute atomic E-state index is 12.9. The van der Waals surface area contributed by atoms with Crippen LogP contribution in [0.5, 0.6) is 0 Å². The van der Waals surface area contributed by atoms with E-state index in [9.17, 15) is 14.4 Å². The van der Waals surface area contributed by atoms with Crippen molar-refractivity contribution in [3.63, 3.8) is 0 Å². The summed E-state index contributed by atoms with van der Waals surface area (Å²) in [5.74, 6) is -0.859. The number of unbranched alkanes of at least 4 members (excludes halogenated alkanes) is 39. The SMILES string of the molecule is CCCCC/C=C\C/C=C\CCCCCCCCCCCC(=O)OC[C@H](COC(=O)CCCCCCCCC/C=C\CCCCCC)OC(=O)CCCCCCCCCCCCCCCCCCC. The van der Waals surface area contributed by atoms with Gasteiger partial charge in [-0.2, -0.15) is 0 Å². The molecule has 0 amide bonds. The van der Waals surface area contributed by atoms with Crippen LogP contribution in [-0.4, -0.2) is 37.2 Å². The van der Waals surface area contributed by atoms with E-state index in [-0.39, 0.29) is 31.1 Å². The lowest BCUT2D eigenvalue weighted by Crippen LogP contribution is -2.30. The van der Waals surface area contributed by atoms with Gasteiger partial charge < -0.3 is 14.2 Å². The Bertz CT molecular complexity index is 1160. The predicted molar refractivity (Wildman–Crippen MR) is 298 cm³/mol. The van der Waals surface area contributed by atoms with Gasteiger partial charge in [0, 0.05) is 19.3 Å². The summed E-state index contributed by atoms with van der Waals surface area (Å²) in [5.41, 5.74) is 0. The van der Waals surface area contributed by atoms with Crippen LogP contribution in [-0.2, 0) is 28.6 Å². The topological polar surface area (TPSA) is 78.9 Å². The molecule has 69 heavy (non-hydrogen) atoms. The molecule has 0 radical (unpaired) electrons. The lowest BCUT2D eigenvalue weighted by Gasteiger charge is -2.18. The summed E-state index contributed by atoms with van der Waals surface area (Å²) >= 11 is 0. The summed E-state index contributed by atoms with van der Waals surface area (Å²) < 4.78 is 16.9. The van der Waals surface area contributed by atoms with E-state index in [0.29, 0.717) is 19.3 Å². The molecule has 6 heteroatoms. The van der Waals surface area contributed by atoms with Crippen molar-refractivity contribution in [3.05, 3.63) is 36.5 Å². The van der Waals surface area contributed by atoms with E-state index >= 15 is 0 Å². The fourth-order valence-corrected chi connectivity index (χ4v) is 9.00. The summed E-state index contributed by atoms with van der Waals surface area (Å²) in [6, 6.07) is 0. The van der Waals surface area contributed by atoms with Crippen LogP contribution in [0, 0.1) is 0 Å². The van der Waals surface area contributed by atoms with Crippen LogP contribution in [0.25, 0.3) is 0 Å². The Hall–Kier alpha value is -2.37. The van der Waals surface area contributed by atoms with Crippen molar-refractivity contribution in [2.24, 2.45) is 0 Å². The summed E-state index contributed by atoms with van der Waals surface area (Å²) in [5, 5.41) is 0. The number of rotatable bonds is 56. The van der Waals surface area contributed by atoms with Crippen LogP contribution in [0.15, 0.2) is 36.5 Å². The largest absolute Gasteiger partial charge is 0.462 e. The number of hydrogen-bond donors (Lipinski definition) is 0. The average Bonchev–Trinajstić information content (AvgIpc) is 3.35. The average molecular weight is 970 g/mol. The zero-order chi connectivity index (χ0) is 50.0. The number of esters is 3. The summed E-state index contributed by atoms with van der Waals surface area (Å²) in [6.45, 7) is 6.65. The highest BCUT2D eigenvalue weighted by molar-refractivity contribution is 5.71. The third-order valence-electron chi connectivity index (χ3n) is 13.6. The molecule has 0 aromatic rings. The number of allylic oxidation sites excluding steroid dienone is 6. The number of ether oxygens (including phenoxy) is 3. The van der Waals surface area contributed by atoms with Gasteiger partial charge in [-0.25, -0.2) is 0 Å². The Morgan fingerprint density at radius 1 is 0.290 bits per heavy atom. The Labute approximate surface area is 429 Å². The second kappa shape index (κ2) is 58.2. The number of hydrogen-bond acceptors (Lipinski definition) is 6. The minimum absolute atomic E-state index is 0.0718. The molecular formula is C63H116O6. The van der Waals surface area contributed by atoms with Gasteiger partial charge in [0.25, 0.3) is 0 Å². The third kappa shape index (κ3) is 56.4. The Morgan fingerprint density at radius 2 is 0.522 bits per heavy atom. The quantitative estimate of drug-likeness (QED) is 0.0261. The van der Waals surface area contributed by atoms with Crippen LogP contribution in [0.2, 0.25) is 0 Å². The Kier molecular flexibility index (Phi) is 56.2. The minimum Gasteiger partial charge on any atom is -0.462 e. The van der Waals surface area contributed by atoms with Crippen molar-refractivity contribution < 1.29 is 28.6 Å². The standard InChI is InChI=1S/C63H116O6/c1-4-7-10-13-16-19-22-25-28-30-31-33-35-38-41-44-47-50-53-56-62(65)68-59-60(58-67-61(64)55-52-49-46-43-40-37-34-27-24-21-18-15-12-9-6-3)69-63(66)57-54-51-48-45-42-39-36-32-29-26-23-20-17-14-11-8-5-2/h16,19,21,24-25,28,60H,4-15,17-18,20,22-23,26-27,29-59H2,1-3H3/b19-16-,24-21-,28-25-/t60-/m0/s1. The molecule has 6 nitrogen and oxygen atoms in total. The summed E-state index contributed by atoms with van der Waals surface area (Å²) in [7, 11) is 0. The first-order valence-corrected chi connectivity index (χ1v) is 30.5. The van der Waals surface area contributed by atoms with E-state index < -0.39 is 6.10 Å². The van der Waals surface area contributed by atoms with E-state index in [1.807, 2.05) is 0 Å². The molecule has 0 heterocycles. The normalized spacial score (nSPS) is 12.2. The molecule has 0 aliphatic carbocycles. The molecule has 0 aromatic carbocycles. The second-order valence-electron chi connectivity index (χ2n) is 20.6.